The van der Waals surface area contributed by atoms with Crippen LogP contribution in [0.4, 0.5) is 0 Å². The fourth-order valence-corrected chi connectivity index (χ4v) is 5.56. The Morgan fingerprint density at radius 3 is 2.25 bits per heavy atom. The first-order chi connectivity index (χ1) is 17.5. The van der Waals surface area contributed by atoms with Gasteiger partial charge in [-0.1, -0.05) is 36.4 Å². The first kappa shape index (κ1) is 24.0. The zero-order valence-electron chi connectivity index (χ0n) is 20.7. The summed E-state index contributed by atoms with van der Waals surface area (Å²) in [5.74, 6) is 0.709. The van der Waals surface area contributed by atoms with Crippen molar-refractivity contribution in [3.63, 3.8) is 0 Å². The van der Waals surface area contributed by atoms with E-state index in [1.165, 1.54) is 0 Å². The molecule has 6 nitrogen and oxygen atoms in total. The molecule has 2 fully saturated rings. The van der Waals surface area contributed by atoms with E-state index in [1.54, 1.807) is 19.2 Å². The number of carbonyl (C=O) groups excluding carboxylic acids is 3. The van der Waals surface area contributed by atoms with E-state index in [2.05, 4.69) is 0 Å². The van der Waals surface area contributed by atoms with E-state index in [1.807, 2.05) is 64.4 Å². The molecule has 0 bridgehead atoms. The van der Waals surface area contributed by atoms with Gasteiger partial charge in [-0.3, -0.25) is 14.4 Å². The predicted octanol–water partition coefficient (Wildman–Crippen LogP) is 4.82. The van der Waals surface area contributed by atoms with Gasteiger partial charge in [0.25, 0.3) is 5.91 Å². The van der Waals surface area contributed by atoms with Crippen LogP contribution in [-0.2, 0) is 4.79 Å². The molecule has 2 aliphatic rings. The summed E-state index contributed by atoms with van der Waals surface area (Å²) in [5.41, 5.74) is 1.38. The van der Waals surface area contributed by atoms with Gasteiger partial charge in [0.2, 0.25) is 5.91 Å². The quantitative estimate of drug-likeness (QED) is 0.487. The molecule has 0 aromatic heterocycles. The molecule has 2 amide bonds. The molecule has 0 spiro atoms. The second-order valence-corrected chi connectivity index (χ2v) is 9.81. The summed E-state index contributed by atoms with van der Waals surface area (Å²) in [6, 6.07) is 20.9. The van der Waals surface area contributed by atoms with Crippen molar-refractivity contribution in [1.82, 2.24) is 9.80 Å². The molecule has 0 N–H and O–H groups in total. The highest BCUT2D eigenvalue weighted by atomic mass is 16.5. The number of methoxy groups -OCH3 is 1. The first-order valence-corrected chi connectivity index (χ1v) is 12.8. The lowest BCUT2D eigenvalue weighted by molar-refractivity contribution is -0.138. The Balaban J connectivity index is 1.20. The number of hydrogen-bond acceptors (Lipinski definition) is 4. The van der Waals surface area contributed by atoms with Crippen molar-refractivity contribution >= 4 is 28.4 Å². The summed E-state index contributed by atoms with van der Waals surface area (Å²) in [6.07, 6.45) is 2.95. The molecule has 2 heterocycles. The molecule has 0 radical (unpaired) electrons. The molecule has 3 aromatic rings. The molecule has 186 valence electrons. The van der Waals surface area contributed by atoms with Gasteiger partial charge in [0.05, 0.1) is 13.0 Å². The third-order valence-corrected chi connectivity index (χ3v) is 7.63. The summed E-state index contributed by atoms with van der Waals surface area (Å²) in [5, 5.41) is 1.99. The monoisotopic (exact) mass is 484 g/mol. The Kier molecular flexibility index (Phi) is 7.03. The van der Waals surface area contributed by atoms with E-state index in [9.17, 15) is 14.4 Å². The van der Waals surface area contributed by atoms with Gasteiger partial charge < -0.3 is 14.5 Å². The van der Waals surface area contributed by atoms with Crippen LogP contribution in [0.1, 0.15) is 46.4 Å². The maximum absolute atomic E-state index is 13.4. The van der Waals surface area contributed by atoms with Gasteiger partial charge in [-0.15, -0.1) is 0 Å². The second-order valence-electron chi connectivity index (χ2n) is 9.81. The van der Waals surface area contributed by atoms with Crippen molar-refractivity contribution in [3.05, 3.63) is 77.9 Å². The van der Waals surface area contributed by atoms with Crippen LogP contribution in [0.2, 0.25) is 0 Å². The standard InChI is InChI=1S/C30H32N2O4/c1-36-25-13-11-22(12-14-25)28(33)23-15-18-31(19-16-23)29(34)24-8-5-17-32(20-24)30(35)27-10-4-7-21-6-2-3-9-26(21)27/h2-4,6-7,9-14,23-24H,5,8,15-20H2,1H3. The number of rotatable bonds is 5. The van der Waals surface area contributed by atoms with Gasteiger partial charge in [-0.05, 0) is 66.8 Å². The van der Waals surface area contributed by atoms with Gasteiger partial charge in [0.1, 0.15) is 5.75 Å². The van der Waals surface area contributed by atoms with Crippen molar-refractivity contribution in [2.75, 3.05) is 33.3 Å². The van der Waals surface area contributed by atoms with Gasteiger partial charge >= 0.3 is 0 Å². The highest BCUT2D eigenvalue weighted by Gasteiger charge is 2.34. The van der Waals surface area contributed by atoms with E-state index in [0.29, 0.717) is 50.1 Å². The lowest BCUT2D eigenvalue weighted by Crippen LogP contribution is -2.49. The molecular formula is C30H32N2O4. The largest absolute Gasteiger partial charge is 0.497 e. The number of piperidine rings is 2. The topological polar surface area (TPSA) is 66.9 Å². The Hall–Kier alpha value is -3.67. The molecule has 5 rings (SSSR count). The molecule has 1 atom stereocenters. The third-order valence-electron chi connectivity index (χ3n) is 7.63. The average Bonchev–Trinajstić information content (AvgIpc) is 2.96. The zero-order chi connectivity index (χ0) is 25.1. The Morgan fingerprint density at radius 1 is 0.778 bits per heavy atom. The van der Waals surface area contributed by atoms with E-state index in [4.69, 9.17) is 4.74 Å². The molecule has 0 saturated carbocycles. The molecule has 2 saturated heterocycles. The first-order valence-electron chi connectivity index (χ1n) is 12.8. The van der Waals surface area contributed by atoms with Crippen LogP contribution in [0.15, 0.2) is 66.7 Å². The minimum atomic E-state index is -0.188. The number of benzene rings is 3. The highest BCUT2D eigenvalue weighted by molar-refractivity contribution is 6.07. The van der Waals surface area contributed by atoms with Crippen LogP contribution in [0.5, 0.6) is 5.75 Å². The Bertz CT molecular complexity index is 1260. The number of ether oxygens (including phenoxy) is 1. The highest BCUT2D eigenvalue weighted by Crippen LogP contribution is 2.28. The lowest BCUT2D eigenvalue weighted by atomic mass is 9.87. The predicted molar refractivity (Wildman–Crippen MR) is 139 cm³/mol. The van der Waals surface area contributed by atoms with Crippen LogP contribution in [-0.4, -0.2) is 60.7 Å². The van der Waals surface area contributed by atoms with Crippen LogP contribution < -0.4 is 4.74 Å². The third kappa shape index (κ3) is 4.85. The van der Waals surface area contributed by atoms with Crippen molar-refractivity contribution in [2.24, 2.45) is 11.8 Å². The number of likely N-dealkylation sites (tertiary alicyclic amines) is 2. The van der Waals surface area contributed by atoms with Crippen molar-refractivity contribution < 1.29 is 19.1 Å². The number of hydrogen-bond donors (Lipinski definition) is 0. The van der Waals surface area contributed by atoms with Gasteiger partial charge in [-0.2, -0.15) is 0 Å². The molecular weight excluding hydrogens is 452 g/mol. The van der Waals surface area contributed by atoms with Crippen molar-refractivity contribution in [2.45, 2.75) is 25.7 Å². The molecule has 0 aliphatic carbocycles. The summed E-state index contributed by atoms with van der Waals surface area (Å²) < 4.78 is 5.18. The number of Topliss-reactive ketones (excluding diaryl/α,β-unsaturated/α-hetero) is 1. The number of fused-ring (bicyclic) bond motifs is 1. The van der Waals surface area contributed by atoms with E-state index < -0.39 is 0 Å². The lowest BCUT2D eigenvalue weighted by Gasteiger charge is -2.37. The van der Waals surface area contributed by atoms with Crippen molar-refractivity contribution in [1.29, 1.82) is 0 Å². The SMILES string of the molecule is COc1ccc(C(=O)C2CCN(C(=O)C3CCCN(C(=O)c4cccc5ccccc45)C3)CC2)cc1. The number of nitrogens with zero attached hydrogens (tertiary/aromatic N) is 2. The van der Waals surface area contributed by atoms with Crippen LogP contribution >= 0.6 is 0 Å². The number of amides is 2. The Labute approximate surface area is 211 Å². The van der Waals surface area contributed by atoms with E-state index >= 15 is 0 Å². The maximum atomic E-state index is 13.4. The minimum absolute atomic E-state index is 0.00639. The van der Waals surface area contributed by atoms with Crippen molar-refractivity contribution in [3.8, 4) is 5.75 Å². The molecule has 36 heavy (non-hydrogen) atoms. The van der Waals surface area contributed by atoms with Gasteiger partial charge in [-0.25, -0.2) is 0 Å². The second kappa shape index (κ2) is 10.5. The molecule has 3 aromatic carbocycles. The molecule has 2 aliphatic heterocycles. The fraction of sp³-hybridized carbons (Fsp3) is 0.367. The Morgan fingerprint density at radius 2 is 1.50 bits per heavy atom. The zero-order valence-corrected chi connectivity index (χ0v) is 20.7. The molecule has 6 heteroatoms. The van der Waals surface area contributed by atoms with E-state index in [0.717, 1.165) is 29.4 Å². The minimum Gasteiger partial charge on any atom is -0.497 e. The number of carbonyl (C=O) groups is 3. The number of ketones is 1. The maximum Gasteiger partial charge on any atom is 0.254 e. The average molecular weight is 485 g/mol. The smallest absolute Gasteiger partial charge is 0.254 e. The fourth-order valence-electron chi connectivity index (χ4n) is 5.56. The van der Waals surface area contributed by atoms with Crippen LogP contribution in [0.3, 0.4) is 0 Å². The summed E-state index contributed by atoms with van der Waals surface area (Å²) >= 11 is 0. The van der Waals surface area contributed by atoms with Gasteiger partial charge in [0, 0.05) is 43.2 Å². The van der Waals surface area contributed by atoms with Crippen LogP contribution in [0.25, 0.3) is 10.8 Å². The van der Waals surface area contributed by atoms with Crippen LogP contribution in [0, 0.1) is 11.8 Å². The summed E-state index contributed by atoms with van der Waals surface area (Å²) in [7, 11) is 1.61. The summed E-state index contributed by atoms with van der Waals surface area (Å²) in [6.45, 7) is 2.29. The van der Waals surface area contributed by atoms with Gasteiger partial charge in [0.15, 0.2) is 5.78 Å². The summed E-state index contributed by atoms with van der Waals surface area (Å²) in [4.78, 5) is 43.5. The molecule has 1 unspecified atom stereocenters. The normalized spacial score (nSPS) is 18.8. The van der Waals surface area contributed by atoms with E-state index in [-0.39, 0.29) is 29.4 Å².